The summed E-state index contributed by atoms with van der Waals surface area (Å²) < 4.78 is 13.1. The zero-order valence-corrected chi connectivity index (χ0v) is 20.7. The highest BCUT2D eigenvalue weighted by molar-refractivity contribution is 7.26. The first-order chi connectivity index (χ1) is 17.6. The van der Waals surface area contributed by atoms with Crippen molar-refractivity contribution >= 4 is 59.0 Å². The Hall–Kier alpha value is -4.15. The molecule has 36 heavy (non-hydrogen) atoms. The molecule has 176 valence electrons. The number of fused-ring (bicyclic) bond motifs is 7. The van der Waals surface area contributed by atoms with E-state index in [1.807, 2.05) is 35.6 Å². The number of hydrogen-bond acceptors (Lipinski definition) is 4. The largest absolute Gasteiger partial charge is 0.490 e. The molecule has 0 aliphatic heterocycles. The molecule has 1 heterocycles. The van der Waals surface area contributed by atoms with E-state index in [4.69, 9.17) is 9.47 Å². The van der Waals surface area contributed by atoms with Crippen molar-refractivity contribution in [3.8, 4) is 5.75 Å². The molecular formula is C32H24O3S. The van der Waals surface area contributed by atoms with Gasteiger partial charge < -0.3 is 9.47 Å². The summed E-state index contributed by atoms with van der Waals surface area (Å²) in [6, 6.07) is 31.7. The van der Waals surface area contributed by atoms with Crippen molar-refractivity contribution in [2.75, 3.05) is 7.11 Å². The second-order valence-electron chi connectivity index (χ2n) is 8.85. The Balaban J connectivity index is 1.47. The van der Waals surface area contributed by atoms with E-state index in [0.717, 1.165) is 18.4 Å². The SMILES string of the molecule is C=C(OC)C(=O)Oc1ccccc1CCc1cc2ccccc2c2c1sc1ccc3ccccc3c12. The van der Waals surface area contributed by atoms with Crippen LogP contribution < -0.4 is 4.74 Å². The smallest absolute Gasteiger partial charge is 0.378 e. The van der Waals surface area contributed by atoms with Gasteiger partial charge in [0.1, 0.15) is 5.75 Å². The van der Waals surface area contributed by atoms with E-state index in [-0.39, 0.29) is 5.76 Å². The molecule has 0 amide bonds. The van der Waals surface area contributed by atoms with Gasteiger partial charge >= 0.3 is 5.97 Å². The van der Waals surface area contributed by atoms with Crippen molar-refractivity contribution in [1.82, 2.24) is 0 Å². The fraction of sp³-hybridized carbons (Fsp3) is 0.0938. The van der Waals surface area contributed by atoms with Crippen molar-refractivity contribution in [3.63, 3.8) is 0 Å². The Kier molecular flexibility index (Phi) is 5.67. The normalized spacial score (nSPS) is 11.4. The molecule has 0 aliphatic rings. The molecule has 0 atom stereocenters. The average Bonchev–Trinajstić information content (AvgIpc) is 3.32. The third kappa shape index (κ3) is 3.80. The van der Waals surface area contributed by atoms with Gasteiger partial charge in [-0.15, -0.1) is 11.3 Å². The summed E-state index contributed by atoms with van der Waals surface area (Å²) in [5.74, 6) is -0.0481. The van der Waals surface area contributed by atoms with Crippen molar-refractivity contribution in [1.29, 1.82) is 0 Å². The van der Waals surface area contributed by atoms with Gasteiger partial charge in [-0.1, -0.05) is 72.8 Å². The molecule has 6 aromatic rings. The molecule has 0 saturated carbocycles. The van der Waals surface area contributed by atoms with E-state index in [1.165, 1.54) is 54.4 Å². The Morgan fingerprint density at radius 2 is 1.44 bits per heavy atom. The van der Waals surface area contributed by atoms with Crippen LogP contribution in [0, 0.1) is 0 Å². The van der Waals surface area contributed by atoms with E-state index in [1.54, 1.807) is 0 Å². The fourth-order valence-corrected chi connectivity index (χ4v) is 6.24. The average molecular weight is 489 g/mol. The molecule has 0 saturated heterocycles. The number of carbonyl (C=O) groups is 1. The number of esters is 1. The van der Waals surface area contributed by atoms with Gasteiger partial charge in [-0.05, 0) is 70.3 Å². The second-order valence-corrected chi connectivity index (χ2v) is 9.90. The molecule has 0 bridgehead atoms. The monoisotopic (exact) mass is 488 g/mol. The molecule has 3 nitrogen and oxygen atoms in total. The van der Waals surface area contributed by atoms with Crippen LogP contribution in [-0.2, 0) is 22.4 Å². The third-order valence-electron chi connectivity index (χ3n) is 6.74. The quantitative estimate of drug-likeness (QED) is 0.103. The number of hydrogen-bond donors (Lipinski definition) is 0. The molecule has 6 rings (SSSR count). The number of ether oxygens (including phenoxy) is 2. The van der Waals surface area contributed by atoms with Crippen molar-refractivity contribution in [3.05, 3.63) is 114 Å². The minimum Gasteiger partial charge on any atom is -0.490 e. The third-order valence-corrected chi connectivity index (χ3v) is 7.97. The molecule has 0 spiro atoms. The minimum absolute atomic E-state index is 0.0152. The van der Waals surface area contributed by atoms with E-state index in [2.05, 4.69) is 73.3 Å². The molecule has 0 unspecified atom stereocenters. The first-order valence-corrected chi connectivity index (χ1v) is 12.7. The predicted octanol–water partition coefficient (Wildman–Crippen LogP) is 8.21. The van der Waals surface area contributed by atoms with Crippen LogP contribution in [0.2, 0.25) is 0 Å². The van der Waals surface area contributed by atoms with Gasteiger partial charge in [-0.2, -0.15) is 0 Å². The van der Waals surface area contributed by atoms with Crippen molar-refractivity contribution < 1.29 is 14.3 Å². The van der Waals surface area contributed by atoms with Crippen LogP contribution in [0.25, 0.3) is 41.7 Å². The maximum atomic E-state index is 12.3. The van der Waals surface area contributed by atoms with Gasteiger partial charge in [-0.25, -0.2) is 4.79 Å². The maximum Gasteiger partial charge on any atom is 0.378 e. The minimum atomic E-state index is -0.575. The summed E-state index contributed by atoms with van der Waals surface area (Å²) in [4.78, 5) is 12.3. The van der Waals surface area contributed by atoms with E-state index < -0.39 is 5.97 Å². The van der Waals surface area contributed by atoms with Gasteiger partial charge in [0.05, 0.1) is 7.11 Å². The van der Waals surface area contributed by atoms with Gasteiger partial charge in [0.2, 0.25) is 0 Å². The summed E-state index contributed by atoms with van der Waals surface area (Å²) in [7, 11) is 1.41. The first kappa shape index (κ1) is 22.3. The Morgan fingerprint density at radius 1 is 0.778 bits per heavy atom. The fourth-order valence-electron chi connectivity index (χ4n) is 4.96. The Bertz CT molecular complexity index is 1790. The molecule has 0 radical (unpaired) electrons. The number of carbonyl (C=O) groups excluding carboxylic acids is 1. The van der Waals surface area contributed by atoms with Crippen LogP contribution in [-0.4, -0.2) is 13.1 Å². The van der Waals surface area contributed by atoms with E-state index in [0.29, 0.717) is 5.75 Å². The second kappa shape index (κ2) is 9.14. The van der Waals surface area contributed by atoms with Gasteiger partial charge in [0.15, 0.2) is 5.76 Å². The molecule has 0 N–H and O–H groups in total. The van der Waals surface area contributed by atoms with Crippen molar-refractivity contribution in [2.45, 2.75) is 12.8 Å². The number of thiophene rings is 1. The summed E-state index contributed by atoms with van der Waals surface area (Å²) in [6.45, 7) is 3.60. The lowest BCUT2D eigenvalue weighted by atomic mass is 9.95. The Morgan fingerprint density at radius 3 is 2.25 bits per heavy atom. The highest BCUT2D eigenvalue weighted by Gasteiger charge is 2.17. The first-order valence-electron chi connectivity index (χ1n) is 11.9. The van der Waals surface area contributed by atoms with Crippen LogP contribution in [0.1, 0.15) is 11.1 Å². The number of aryl methyl sites for hydroxylation is 2. The topological polar surface area (TPSA) is 35.5 Å². The van der Waals surface area contributed by atoms with Crippen LogP contribution >= 0.6 is 11.3 Å². The van der Waals surface area contributed by atoms with E-state index in [9.17, 15) is 4.79 Å². The lowest BCUT2D eigenvalue weighted by molar-refractivity contribution is -0.133. The number of rotatable bonds is 6. The summed E-state index contributed by atoms with van der Waals surface area (Å²) in [5.41, 5.74) is 2.28. The lowest BCUT2D eigenvalue weighted by Gasteiger charge is -2.12. The highest BCUT2D eigenvalue weighted by Crippen LogP contribution is 2.44. The van der Waals surface area contributed by atoms with Crippen molar-refractivity contribution in [2.24, 2.45) is 0 Å². The summed E-state index contributed by atoms with van der Waals surface area (Å²) in [6.07, 6.45) is 1.57. The molecule has 0 fully saturated rings. The van der Waals surface area contributed by atoms with Gasteiger partial charge in [0.25, 0.3) is 0 Å². The molecule has 5 aromatic carbocycles. The zero-order chi connectivity index (χ0) is 24.6. The molecule has 4 heteroatoms. The molecule has 1 aromatic heterocycles. The zero-order valence-electron chi connectivity index (χ0n) is 19.9. The summed E-state index contributed by atoms with van der Waals surface area (Å²) >= 11 is 1.86. The maximum absolute atomic E-state index is 12.3. The highest BCUT2D eigenvalue weighted by atomic mass is 32.1. The number of para-hydroxylation sites is 1. The number of benzene rings is 5. The van der Waals surface area contributed by atoms with E-state index >= 15 is 0 Å². The van der Waals surface area contributed by atoms with Crippen LogP contribution in [0.15, 0.2) is 103 Å². The Labute approximate surface area is 213 Å². The summed E-state index contributed by atoms with van der Waals surface area (Å²) in [5, 5.41) is 7.73. The lowest BCUT2D eigenvalue weighted by Crippen LogP contribution is -2.12. The van der Waals surface area contributed by atoms with Crippen LogP contribution in [0.4, 0.5) is 0 Å². The predicted molar refractivity (Wildman–Crippen MR) is 150 cm³/mol. The molecule has 0 aliphatic carbocycles. The standard InChI is InChI=1S/C32H24O3S/c1-20(34-2)32(33)35-27-14-8-5-10-22(27)15-16-24-19-23-11-4-7-13-26(23)30-29-25-12-6-3-9-21(25)17-18-28(29)36-31(24)30/h3-14,17-19H,1,15-16H2,2H3. The number of methoxy groups -OCH3 is 1. The van der Waals surface area contributed by atoms with Gasteiger partial charge in [-0.3, -0.25) is 0 Å². The van der Waals surface area contributed by atoms with Crippen LogP contribution in [0.5, 0.6) is 5.75 Å². The van der Waals surface area contributed by atoms with Gasteiger partial charge in [0, 0.05) is 20.2 Å². The molecular weight excluding hydrogens is 464 g/mol. The van der Waals surface area contributed by atoms with Crippen LogP contribution in [0.3, 0.4) is 0 Å².